The Morgan fingerprint density at radius 1 is 1.06 bits per heavy atom. The lowest BCUT2D eigenvalue weighted by atomic mass is 9.59. The normalized spacial score (nSPS) is 20.5. The number of fused-ring (bicyclic) bond motifs is 1. The van der Waals surface area contributed by atoms with Crippen molar-refractivity contribution in [2.24, 2.45) is 22.7 Å². The van der Waals surface area contributed by atoms with Gasteiger partial charge in [-0.3, -0.25) is 19.2 Å². The molecule has 35 heavy (non-hydrogen) atoms. The van der Waals surface area contributed by atoms with Gasteiger partial charge in [0.2, 0.25) is 0 Å². The second-order valence-corrected chi connectivity index (χ2v) is 11.6. The highest BCUT2D eigenvalue weighted by molar-refractivity contribution is 6.20. The maximum absolute atomic E-state index is 13.7. The predicted molar refractivity (Wildman–Crippen MR) is 131 cm³/mol. The molecule has 1 atom stereocenters. The first-order valence-corrected chi connectivity index (χ1v) is 12.1. The van der Waals surface area contributed by atoms with Gasteiger partial charge in [-0.2, -0.15) is 0 Å². The molecule has 0 amide bonds. The fourth-order valence-corrected chi connectivity index (χ4v) is 5.26. The smallest absolute Gasteiger partial charge is 0.308 e. The maximum Gasteiger partial charge on any atom is 0.308 e. The molecular formula is C28H36O7. The standard InChI is InChI=1S/C28H36O7/c1-13(2)10-16-20-18(35-25-21(16)24(32)27(6,7)26(33)28(25,8)9)12-19(34-15(5)29)22(23(20)31)17(30)11-14(3)4/h12-14,16,31H,10-11H2,1-9H3. The quantitative estimate of drug-likeness (QED) is 0.245. The van der Waals surface area contributed by atoms with Gasteiger partial charge in [0.15, 0.2) is 17.3 Å². The van der Waals surface area contributed by atoms with Crippen molar-refractivity contribution in [2.45, 2.75) is 81.1 Å². The number of aromatic hydroxyl groups is 1. The number of carbonyl (C=O) groups excluding carboxylic acids is 4. The van der Waals surface area contributed by atoms with E-state index in [1.165, 1.54) is 13.0 Å². The van der Waals surface area contributed by atoms with Crippen LogP contribution in [0, 0.1) is 22.7 Å². The molecule has 7 nitrogen and oxygen atoms in total. The average Bonchev–Trinajstić information content (AvgIpc) is 2.69. The summed E-state index contributed by atoms with van der Waals surface area (Å²) in [6.07, 6.45) is 0.622. The molecule has 0 aromatic heterocycles. The van der Waals surface area contributed by atoms with Crippen LogP contribution in [0.1, 0.15) is 97.0 Å². The number of rotatable bonds is 6. The topological polar surface area (TPSA) is 107 Å². The molecule has 1 unspecified atom stereocenters. The third-order valence-corrected chi connectivity index (χ3v) is 6.77. The van der Waals surface area contributed by atoms with Crippen LogP contribution in [0.15, 0.2) is 17.4 Å². The molecular weight excluding hydrogens is 448 g/mol. The first-order chi connectivity index (χ1) is 16.0. The summed E-state index contributed by atoms with van der Waals surface area (Å²) in [4.78, 5) is 52.0. The van der Waals surface area contributed by atoms with Crippen molar-refractivity contribution in [3.05, 3.63) is 28.5 Å². The zero-order valence-electron chi connectivity index (χ0n) is 22.1. The van der Waals surface area contributed by atoms with Gasteiger partial charge in [-0.1, -0.05) is 27.7 Å². The number of ether oxygens (including phenoxy) is 2. The van der Waals surface area contributed by atoms with E-state index in [1.807, 2.05) is 27.7 Å². The number of ketones is 3. The van der Waals surface area contributed by atoms with E-state index in [0.29, 0.717) is 17.6 Å². The second-order valence-electron chi connectivity index (χ2n) is 11.6. The molecule has 1 aliphatic heterocycles. The van der Waals surface area contributed by atoms with E-state index in [9.17, 15) is 24.3 Å². The van der Waals surface area contributed by atoms with Gasteiger partial charge in [0, 0.05) is 36.5 Å². The minimum Gasteiger partial charge on any atom is -0.507 e. The summed E-state index contributed by atoms with van der Waals surface area (Å²) in [6.45, 7) is 15.6. The first kappa shape index (κ1) is 26.6. The van der Waals surface area contributed by atoms with Crippen molar-refractivity contribution < 1.29 is 33.8 Å². The summed E-state index contributed by atoms with van der Waals surface area (Å²) in [6, 6.07) is 1.42. The van der Waals surface area contributed by atoms with Crippen LogP contribution in [-0.2, 0) is 14.4 Å². The number of hydrogen-bond donors (Lipinski definition) is 1. The molecule has 0 saturated carbocycles. The number of phenols is 1. The molecule has 1 aromatic carbocycles. The number of carbonyl (C=O) groups is 4. The van der Waals surface area contributed by atoms with Crippen LogP contribution in [0.4, 0.5) is 0 Å². The third kappa shape index (κ3) is 4.41. The minimum absolute atomic E-state index is 0.00710. The van der Waals surface area contributed by atoms with Crippen molar-refractivity contribution >= 4 is 23.3 Å². The fourth-order valence-electron chi connectivity index (χ4n) is 5.26. The molecule has 1 heterocycles. The van der Waals surface area contributed by atoms with Crippen LogP contribution in [0.25, 0.3) is 0 Å². The Morgan fingerprint density at radius 2 is 1.66 bits per heavy atom. The van der Waals surface area contributed by atoms with Crippen molar-refractivity contribution in [3.63, 3.8) is 0 Å². The molecule has 1 aliphatic carbocycles. The summed E-state index contributed by atoms with van der Waals surface area (Å²) in [5.41, 5.74) is -1.77. The Bertz CT molecular complexity index is 1150. The lowest BCUT2D eigenvalue weighted by Crippen LogP contribution is -2.51. The van der Waals surface area contributed by atoms with Crippen LogP contribution >= 0.6 is 0 Å². The monoisotopic (exact) mass is 484 g/mol. The Morgan fingerprint density at radius 3 is 2.17 bits per heavy atom. The Balaban J connectivity index is 2.37. The number of esters is 1. The maximum atomic E-state index is 13.7. The van der Waals surface area contributed by atoms with Crippen molar-refractivity contribution in [1.29, 1.82) is 0 Å². The SMILES string of the molecule is CC(=O)Oc1cc2c(c(O)c1C(=O)CC(C)C)C(CC(C)C)C1=C(O2)C(C)(C)C(=O)C(C)(C)C1=O. The molecule has 0 fully saturated rings. The van der Waals surface area contributed by atoms with E-state index >= 15 is 0 Å². The van der Waals surface area contributed by atoms with Crippen molar-refractivity contribution in [2.75, 3.05) is 0 Å². The number of phenolic OH excluding ortho intramolecular Hbond substituents is 1. The molecule has 0 spiro atoms. The second kappa shape index (κ2) is 8.92. The van der Waals surface area contributed by atoms with Crippen molar-refractivity contribution in [1.82, 2.24) is 0 Å². The summed E-state index contributed by atoms with van der Waals surface area (Å²) in [7, 11) is 0. The molecule has 0 saturated heterocycles. The van der Waals surface area contributed by atoms with Gasteiger partial charge in [-0.15, -0.1) is 0 Å². The Labute approximate surface area is 206 Å². The highest BCUT2D eigenvalue weighted by atomic mass is 16.5. The minimum atomic E-state index is -1.26. The molecule has 0 radical (unpaired) electrons. The zero-order chi connectivity index (χ0) is 26.6. The van der Waals surface area contributed by atoms with E-state index in [0.717, 1.165) is 0 Å². The summed E-state index contributed by atoms with van der Waals surface area (Å²) >= 11 is 0. The van der Waals surface area contributed by atoms with Gasteiger partial charge in [-0.05, 0) is 46.0 Å². The Kier molecular flexibility index (Phi) is 6.79. The largest absolute Gasteiger partial charge is 0.507 e. The molecule has 3 rings (SSSR count). The van der Waals surface area contributed by atoms with Gasteiger partial charge < -0.3 is 14.6 Å². The molecule has 0 bridgehead atoms. The number of hydrogen-bond acceptors (Lipinski definition) is 7. The molecule has 7 heteroatoms. The average molecular weight is 485 g/mol. The molecule has 190 valence electrons. The van der Waals surface area contributed by atoms with Crippen LogP contribution in [0.5, 0.6) is 17.2 Å². The zero-order valence-corrected chi connectivity index (χ0v) is 22.1. The highest BCUT2D eigenvalue weighted by Gasteiger charge is 2.57. The molecule has 1 N–H and O–H groups in total. The van der Waals surface area contributed by atoms with Gasteiger partial charge >= 0.3 is 5.97 Å². The number of allylic oxidation sites excluding steroid dienone is 2. The molecule has 1 aromatic rings. The van der Waals surface area contributed by atoms with Crippen LogP contribution in [-0.4, -0.2) is 28.4 Å². The van der Waals surface area contributed by atoms with Gasteiger partial charge in [0.05, 0.1) is 10.8 Å². The first-order valence-electron chi connectivity index (χ1n) is 12.1. The van der Waals surface area contributed by atoms with Crippen LogP contribution in [0.2, 0.25) is 0 Å². The van der Waals surface area contributed by atoms with Crippen LogP contribution < -0.4 is 9.47 Å². The van der Waals surface area contributed by atoms with E-state index in [-0.39, 0.29) is 64.2 Å². The predicted octanol–water partition coefficient (Wildman–Crippen LogP) is 5.53. The number of Topliss-reactive ketones (excluding diaryl/α,β-unsaturated/α-hetero) is 3. The highest BCUT2D eigenvalue weighted by Crippen LogP contribution is 2.57. The van der Waals surface area contributed by atoms with Gasteiger partial charge in [-0.25, -0.2) is 0 Å². The van der Waals surface area contributed by atoms with E-state index in [4.69, 9.17) is 9.47 Å². The Hall–Kier alpha value is -2.96. The summed E-state index contributed by atoms with van der Waals surface area (Å²) < 4.78 is 11.5. The number of benzene rings is 1. The lowest BCUT2D eigenvalue weighted by Gasteiger charge is -2.45. The van der Waals surface area contributed by atoms with Crippen molar-refractivity contribution in [3.8, 4) is 17.2 Å². The fraction of sp³-hybridized carbons (Fsp3) is 0.571. The molecule has 2 aliphatic rings. The van der Waals surface area contributed by atoms with Crippen LogP contribution in [0.3, 0.4) is 0 Å². The van der Waals surface area contributed by atoms with E-state index < -0.39 is 22.7 Å². The van der Waals surface area contributed by atoms with E-state index in [1.54, 1.807) is 27.7 Å². The third-order valence-electron chi connectivity index (χ3n) is 6.77. The summed E-state index contributed by atoms with van der Waals surface area (Å²) in [5, 5.41) is 11.5. The lowest BCUT2D eigenvalue weighted by molar-refractivity contribution is -0.144. The van der Waals surface area contributed by atoms with Gasteiger partial charge in [0.25, 0.3) is 0 Å². The van der Waals surface area contributed by atoms with Gasteiger partial charge in [0.1, 0.15) is 28.6 Å². The summed E-state index contributed by atoms with van der Waals surface area (Å²) in [5.74, 6) is -2.10. The van der Waals surface area contributed by atoms with E-state index in [2.05, 4.69) is 0 Å².